The number of piperidine rings is 1. The van der Waals surface area contributed by atoms with Crippen molar-refractivity contribution in [3.8, 4) is 0 Å². The molecule has 3 rings (SSSR count). The predicted molar refractivity (Wildman–Crippen MR) is 77.1 cm³/mol. The molecule has 1 saturated heterocycles. The summed E-state index contributed by atoms with van der Waals surface area (Å²) in [5.41, 5.74) is 1.22. The molecule has 1 saturated carbocycles. The predicted octanol–water partition coefficient (Wildman–Crippen LogP) is 2.18. The Morgan fingerprint density at radius 1 is 1.32 bits per heavy atom. The first kappa shape index (κ1) is 13.1. The molecular weight excluding hydrogens is 236 g/mol. The van der Waals surface area contributed by atoms with E-state index in [9.17, 15) is 0 Å². The van der Waals surface area contributed by atoms with Crippen molar-refractivity contribution in [1.82, 2.24) is 20.0 Å². The molecule has 2 aliphatic rings. The number of aromatic nitrogens is 2. The standard InChI is InChI=1S/C15H26N4/c1-18(15-7-4-9-16-11-15)12-13-8-10-19(17-13)14-5-2-3-6-14/h8,10,14-16H,2-7,9,11-12H2,1H3. The number of hydrogen-bond acceptors (Lipinski definition) is 3. The largest absolute Gasteiger partial charge is 0.315 e. The molecule has 4 heteroatoms. The van der Waals surface area contributed by atoms with E-state index in [-0.39, 0.29) is 0 Å². The molecule has 19 heavy (non-hydrogen) atoms. The summed E-state index contributed by atoms with van der Waals surface area (Å²) in [7, 11) is 2.23. The maximum atomic E-state index is 4.78. The molecule has 1 aromatic heterocycles. The van der Waals surface area contributed by atoms with E-state index in [1.807, 2.05) is 0 Å². The summed E-state index contributed by atoms with van der Waals surface area (Å²) in [6, 6.07) is 3.53. The quantitative estimate of drug-likeness (QED) is 0.903. The van der Waals surface area contributed by atoms with Crippen LogP contribution in [0.5, 0.6) is 0 Å². The number of hydrogen-bond donors (Lipinski definition) is 1. The fourth-order valence-electron chi connectivity index (χ4n) is 3.43. The summed E-state index contributed by atoms with van der Waals surface area (Å²) in [5, 5.41) is 8.27. The van der Waals surface area contributed by atoms with Gasteiger partial charge in [-0.2, -0.15) is 5.10 Å². The lowest BCUT2D eigenvalue weighted by Crippen LogP contribution is -2.43. The Labute approximate surface area is 116 Å². The third-order valence-corrected chi connectivity index (χ3v) is 4.67. The van der Waals surface area contributed by atoms with Gasteiger partial charge in [0, 0.05) is 25.3 Å². The van der Waals surface area contributed by atoms with Gasteiger partial charge in [-0.15, -0.1) is 0 Å². The van der Waals surface area contributed by atoms with Gasteiger partial charge in [-0.25, -0.2) is 0 Å². The number of rotatable bonds is 4. The van der Waals surface area contributed by atoms with Crippen molar-refractivity contribution in [2.45, 2.75) is 57.2 Å². The summed E-state index contributed by atoms with van der Waals surface area (Å²) in [5.74, 6) is 0. The van der Waals surface area contributed by atoms with Crippen LogP contribution in [0.3, 0.4) is 0 Å². The van der Waals surface area contributed by atoms with Crippen molar-refractivity contribution in [1.29, 1.82) is 0 Å². The molecule has 1 N–H and O–H groups in total. The fraction of sp³-hybridized carbons (Fsp3) is 0.800. The molecule has 1 aromatic rings. The van der Waals surface area contributed by atoms with Crippen molar-refractivity contribution < 1.29 is 0 Å². The van der Waals surface area contributed by atoms with Crippen LogP contribution in [0.2, 0.25) is 0 Å². The first-order chi connectivity index (χ1) is 9.33. The maximum absolute atomic E-state index is 4.78. The van der Waals surface area contributed by atoms with E-state index in [1.165, 1.54) is 50.8 Å². The topological polar surface area (TPSA) is 33.1 Å². The SMILES string of the molecule is CN(Cc1ccn(C2CCCC2)n1)C1CCCNC1. The van der Waals surface area contributed by atoms with Gasteiger partial charge in [-0.3, -0.25) is 9.58 Å². The molecule has 1 unspecified atom stereocenters. The van der Waals surface area contributed by atoms with Crippen LogP contribution < -0.4 is 5.32 Å². The minimum absolute atomic E-state index is 0.662. The molecule has 0 spiro atoms. The highest BCUT2D eigenvalue weighted by atomic mass is 15.3. The van der Waals surface area contributed by atoms with Crippen LogP contribution in [0.15, 0.2) is 12.3 Å². The van der Waals surface area contributed by atoms with E-state index in [4.69, 9.17) is 5.10 Å². The smallest absolute Gasteiger partial charge is 0.0764 e. The van der Waals surface area contributed by atoms with Gasteiger partial charge in [0.25, 0.3) is 0 Å². The molecule has 4 nitrogen and oxygen atoms in total. The Balaban J connectivity index is 1.56. The molecule has 0 amide bonds. The van der Waals surface area contributed by atoms with Gasteiger partial charge in [-0.1, -0.05) is 12.8 Å². The first-order valence-electron chi connectivity index (χ1n) is 7.78. The highest BCUT2D eigenvalue weighted by Crippen LogP contribution is 2.28. The zero-order valence-corrected chi connectivity index (χ0v) is 12.0. The molecule has 0 radical (unpaired) electrons. The third kappa shape index (κ3) is 3.18. The Hall–Kier alpha value is -0.870. The van der Waals surface area contributed by atoms with Crippen molar-refractivity contribution in [2.24, 2.45) is 0 Å². The lowest BCUT2D eigenvalue weighted by molar-refractivity contribution is 0.193. The molecule has 1 aliphatic carbocycles. The average molecular weight is 262 g/mol. The van der Waals surface area contributed by atoms with Gasteiger partial charge in [-0.05, 0) is 45.3 Å². The third-order valence-electron chi connectivity index (χ3n) is 4.67. The van der Waals surface area contributed by atoms with E-state index in [2.05, 4.69) is 34.2 Å². The zero-order valence-electron chi connectivity index (χ0n) is 12.0. The number of likely N-dealkylation sites (N-methyl/N-ethyl adjacent to an activating group) is 1. The van der Waals surface area contributed by atoms with Crippen LogP contribution in [0, 0.1) is 0 Å². The monoisotopic (exact) mass is 262 g/mol. The van der Waals surface area contributed by atoms with E-state index < -0.39 is 0 Å². The second kappa shape index (κ2) is 6.06. The molecule has 2 heterocycles. The molecule has 1 aliphatic heterocycles. The van der Waals surface area contributed by atoms with Crippen LogP contribution in [0.25, 0.3) is 0 Å². The Bertz CT molecular complexity index is 389. The Morgan fingerprint density at radius 3 is 2.89 bits per heavy atom. The van der Waals surface area contributed by atoms with Crippen molar-refractivity contribution in [3.63, 3.8) is 0 Å². The Morgan fingerprint density at radius 2 is 2.16 bits per heavy atom. The summed E-state index contributed by atoms with van der Waals surface area (Å²) < 4.78 is 2.20. The first-order valence-corrected chi connectivity index (χ1v) is 7.78. The van der Waals surface area contributed by atoms with Gasteiger partial charge in [0.2, 0.25) is 0 Å². The van der Waals surface area contributed by atoms with E-state index in [0.717, 1.165) is 13.1 Å². The van der Waals surface area contributed by atoms with Crippen LogP contribution in [0.1, 0.15) is 50.3 Å². The zero-order chi connectivity index (χ0) is 13.1. The van der Waals surface area contributed by atoms with Crippen LogP contribution in [-0.2, 0) is 6.54 Å². The van der Waals surface area contributed by atoms with Crippen molar-refractivity contribution >= 4 is 0 Å². The fourth-order valence-corrected chi connectivity index (χ4v) is 3.43. The maximum Gasteiger partial charge on any atom is 0.0764 e. The van der Waals surface area contributed by atoms with E-state index in [1.54, 1.807) is 0 Å². The molecule has 0 bridgehead atoms. The van der Waals surface area contributed by atoms with Gasteiger partial charge in [0.05, 0.1) is 11.7 Å². The lowest BCUT2D eigenvalue weighted by Gasteiger charge is -2.31. The van der Waals surface area contributed by atoms with E-state index in [0.29, 0.717) is 12.1 Å². The lowest BCUT2D eigenvalue weighted by atomic mass is 10.1. The minimum atomic E-state index is 0.662. The van der Waals surface area contributed by atoms with Crippen LogP contribution >= 0.6 is 0 Å². The van der Waals surface area contributed by atoms with Crippen LogP contribution in [-0.4, -0.2) is 40.9 Å². The van der Waals surface area contributed by atoms with Gasteiger partial charge in [0.15, 0.2) is 0 Å². The molecule has 106 valence electrons. The average Bonchev–Trinajstić information content (AvgIpc) is 3.10. The second-order valence-corrected chi connectivity index (χ2v) is 6.14. The van der Waals surface area contributed by atoms with Crippen LogP contribution in [0.4, 0.5) is 0 Å². The normalized spacial score (nSPS) is 25.3. The van der Waals surface area contributed by atoms with Gasteiger partial charge < -0.3 is 5.32 Å². The van der Waals surface area contributed by atoms with Gasteiger partial charge in [0.1, 0.15) is 0 Å². The van der Waals surface area contributed by atoms with E-state index >= 15 is 0 Å². The number of nitrogens with zero attached hydrogens (tertiary/aromatic N) is 3. The highest BCUT2D eigenvalue weighted by molar-refractivity contribution is 5.00. The summed E-state index contributed by atoms with van der Waals surface area (Å²) >= 11 is 0. The summed E-state index contributed by atoms with van der Waals surface area (Å²) in [4.78, 5) is 2.45. The summed E-state index contributed by atoms with van der Waals surface area (Å²) in [6.07, 6.45) is 10.1. The highest BCUT2D eigenvalue weighted by Gasteiger charge is 2.20. The van der Waals surface area contributed by atoms with Crippen molar-refractivity contribution in [3.05, 3.63) is 18.0 Å². The van der Waals surface area contributed by atoms with Gasteiger partial charge >= 0.3 is 0 Å². The molecular formula is C15H26N4. The molecule has 0 aromatic carbocycles. The second-order valence-electron chi connectivity index (χ2n) is 6.14. The Kier molecular flexibility index (Phi) is 4.18. The number of nitrogens with one attached hydrogen (secondary N) is 1. The summed E-state index contributed by atoms with van der Waals surface area (Å²) in [6.45, 7) is 3.28. The molecule has 2 fully saturated rings. The minimum Gasteiger partial charge on any atom is -0.315 e. The van der Waals surface area contributed by atoms with Crippen molar-refractivity contribution in [2.75, 3.05) is 20.1 Å². The molecule has 1 atom stereocenters.